The molecule has 0 radical (unpaired) electrons. The number of rotatable bonds is 5. The Hall–Kier alpha value is -1.92. The molecule has 134 valence electrons. The van der Waals surface area contributed by atoms with E-state index in [9.17, 15) is 9.59 Å². The summed E-state index contributed by atoms with van der Waals surface area (Å²) in [5.74, 6) is -0.351. The van der Waals surface area contributed by atoms with Gasteiger partial charge in [-0.05, 0) is 56.7 Å². The van der Waals surface area contributed by atoms with E-state index < -0.39 is 0 Å². The number of hydrogen-bond donors (Lipinski definition) is 1. The number of fused-ring (bicyclic) bond motifs is 1. The van der Waals surface area contributed by atoms with Crippen LogP contribution < -0.4 is 0 Å². The summed E-state index contributed by atoms with van der Waals surface area (Å²) in [5.41, 5.74) is 3.69. The van der Waals surface area contributed by atoms with Crippen molar-refractivity contribution in [3.8, 4) is 0 Å². The molecule has 0 spiro atoms. The number of nitrogens with one attached hydrogen (secondary N) is 1. The summed E-state index contributed by atoms with van der Waals surface area (Å²) < 4.78 is 5.11. The number of carbonyl (C=O) groups excluding carboxylic acids is 2. The zero-order chi connectivity index (χ0) is 18.1. The third-order valence-corrected chi connectivity index (χ3v) is 5.95. The molecule has 6 heteroatoms. The van der Waals surface area contributed by atoms with Crippen molar-refractivity contribution >= 4 is 23.1 Å². The molecule has 0 amide bonds. The predicted octanol–water partition coefficient (Wildman–Crippen LogP) is 3.50. The van der Waals surface area contributed by atoms with Crippen LogP contribution in [0, 0.1) is 13.8 Å². The fraction of sp³-hybridized carbons (Fsp3) is 0.474. The number of aromatic amines is 1. The van der Waals surface area contributed by atoms with Crippen LogP contribution in [0.25, 0.3) is 0 Å². The molecule has 3 heterocycles. The topological polar surface area (TPSA) is 62.4 Å². The first-order valence-electron chi connectivity index (χ1n) is 8.63. The van der Waals surface area contributed by atoms with Gasteiger partial charge in [0.25, 0.3) is 0 Å². The van der Waals surface area contributed by atoms with E-state index in [1.54, 1.807) is 25.2 Å². The van der Waals surface area contributed by atoms with Crippen molar-refractivity contribution in [1.29, 1.82) is 0 Å². The second kappa shape index (κ2) is 7.14. The fourth-order valence-electron chi connectivity index (χ4n) is 3.48. The number of hydrogen-bond acceptors (Lipinski definition) is 5. The third kappa shape index (κ3) is 3.28. The van der Waals surface area contributed by atoms with Crippen LogP contribution in [-0.4, -0.2) is 40.8 Å². The van der Waals surface area contributed by atoms with Gasteiger partial charge in [-0.15, -0.1) is 11.3 Å². The molecule has 0 bridgehead atoms. The van der Waals surface area contributed by atoms with E-state index in [1.165, 1.54) is 10.4 Å². The van der Waals surface area contributed by atoms with Gasteiger partial charge in [0.2, 0.25) is 0 Å². The highest BCUT2D eigenvalue weighted by atomic mass is 32.1. The minimum atomic E-state index is -0.374. The Labute approximate surface area is 152 Å². The SMILES string of the molecule is CCOC(=O)c1c(C)[nH]c(C(=O)C(C)N2CCc3sccc3C2)c1C. The number of aryl methyl sites for hydroxylation is 1. The van der Waals surface area contributed by atoms with E-state index >= 15 is 0 Å². The maximum absolute atomic E-state index is 13.0. The molecule has 0 aliphatic carbocycles. The largest absolute Gasteiger partial charge is 0.462 e. The first kappa shape index (κ1) is 17.9. The first-order valence-corrected chi connectivity index (χ1v) is 9.51. The highest BCUT2D eigenvalue weighted by molar-refractivity contribution is 7.10. The van der Waals surface area contributed by atoms with Crippen LogP contribution in [0.3, 0.4) is 0 Å². The van der Waals surface area contributed by atoms with Gasteiger partial charge < -0.3 is 9.72 Å². The highest BCUT2D eigenvalue weighted by Gasteiger charge is 2.30. The van der Waals surface area contributed by atoms with Gasteiger partial charge in [0.1, 0.15) is 0 Å². The van der Waals surface area contributed by atoms with E-state index in [0.717, 1.165) is 19.5 Å². The molecule has 0 fully saturated rings. The molecular weight excluding hydrogens is 336 g/mol. The number of thiophene rings is 1. The summed E-state index contributed by atoms with van der Waals surface area (Å²) in [6, 6.07) is 1.91. The number of esters is 1. The number of carbonyl (C=O) groups is 2. The van der Waals surface area contributed by atoms with E-state index in [4.69, 9.17) is 4.74 Å². The number of ether oxygens (including phenoxy) is 1. The standard InChI is InChI=1S/C19H24N2O3S/c1-5-24-19(23)16-11(2)17(20-12(16)3)18(22)13(4)21-8-6-15-14(10-21)7-9-25-15/h7,9,13,20H,5-6,8,10H2,1-4H3. The van der Waals surface area contributed by atoms with Crippen LogP contribution in [0.15, 0.2) is 11.4 Å². The van der Waals surface area contributed by atoms with Crippen LogP contribution in [0.5, 0.6) is 0 Å². The van der Waals surface area contributed by atoms with Gasteiger partial charge in [-0.2, -0.15) is 0 Å². The molecule has 3 rings (SSSR count). The lowest BCUT2D eigenvalue weighted by Gasteiger charge is -2.31. The van der Waals surface area contributed by atoms with Gasteiger partial charge in [-0.1, -0.05) is 0 Å². The van der Waals surface area contributed by atoms with Crippen molar-refractivity contribution in [3.63, 3.8) is 0 Å². The van der Waals surface area contributed by atoms with Gasteiger partial charge in [0.05, 0.1) is 23.9 Å². The van der Waals surface area contributed by atoms with Crippen molar-refractivity contribution in [1.82, 2.24) is 9.88 Å². The Bertz CT molecular complexity index is 806. The Balaban J connectivity index is 1.81. The van der Waals surface area contributed by atoms with Crippen molar-refractivity contribution < 1.29 is 14.3 Å². The van der Waals surface area contributed by atoms with E-state index in [1.807, 2.05) is 13.8 Å². The Morgan fingerprint density at radius 2 is 2.16 bits per heavy atom. The maximum Gasteiger partial charge on any atom is 0.340 e. The number of aromatic nitrogens is 1. The normalized spacial score (nSPS) is 15.7. The number of nitrogens with zero attached hydrogens (tertiary/aromatic N) is 1. The molecule has 1 N–H and O–H groups in total. The van der Waals surface area contributed by atoms with Crippen molar-refractivity contribution in [2.24, 2.45) is 0 Å². The van der Waals surface area contributed by atoms with Crippen LogP contribution in [0.2, 0.25) is 0 Å². The minimum Gasteiger partial charge on any atom is -0.462 e. The fourth-order valence-corrected chi connectivity index (χ4v) is 4.37. The molecule has 1 unspecified atom stereocenters. The molecule has 1 atom stereocenters. The maximum atomic E-state index is 13.0. The van der Waals surface area contributed by atoms with E-state index in [0.29, 0.717) is 29.1 Å². The Morgan fingerprint density at radius 1 is 1.40 bits per heavy atom. The summed E-state index contributed by atoms with van der Waals surface area (Å²) in [5, 5.41) is 2.12. The molecule has 2 aromatic heterocycles. The lowest BCUT2D eigenvalue weighted by Crippen LogP contribution is -2.42. The third-order valence-electron chi connectivity index (χ3n) is 4.93. The molecule has 2 aromatic rings. The quantitative estimate of drug-likeness (QED) is 0.655. The van der Waals surface area contributed by atoms with Gasteiger partial charge in [-0.3, -0.25) is 9.69 Å². The average Bonchev–Trinajstić information content (AvgIpc) is 3.17. The van der Waals surface area contributed by atoms with Crippen LogP contribution in [0.1, 0.15) is 56.4 Å². The molecule has 25 heavy (non-hydrogen) atoms. The predicted molar refractivity (Wildman–Crippen MR) is 98.4 cm³/mol. The van der Waals surface area contributed by atoms with Gasteiger partial charge in [-0.25, -0.2) is 4.79 Å². The number of ketones is 1. The molecular formula is C19H24N2O3S. The monoisotopic (exact) mass is 360 g/mol. The molecule has 5 nitrogen and oxygen atoms in total. The molecule has 0 saturated heterocycles. The van der Waals surface area contributed by atoms with Crippen molar-refractivity contribution in [2.75, 3.05) is 13.2 Å². The number of H-pyrrole nitrogens is 1. The average molecular weight is 360 g/mol. The highest BCUT2D eigenvalue weighted by Crippen LogP contribution is 2.27. The molecule has 1 aliphatic rings. The van der Waals surface area contributed by atoms with Gasteiger partial charge in [0, 0.05) is 23.7 Å². The van der Waals surface area contributed by atoms with Gasteiger partial charge in [0.15, 0.2) is 5.78 Å². The van der Waals surface area contributed by atoms with Crippen LogP contribution >= 0.6 is 11.3 Å². The minimum absolute atomic E-state index is 0.0230. The summed E-state index contributed by atoms with van der Waals surface area (Å²) in [4.78, 5) is 31.9. The lowest BCUT2D eigenvalue weighted by molar-refractivity contribution is 0.0525. The second-order valence-corrected chi connectivity index (χ2v) is 7.48. The van der Waals surface area contributed by atoms with Crippen molar-refractivity contribution in [2.45, 2.75) is 46.7 Å². The molecule has 0 aromatic carbocycles. The first-order chi connectivity index (χ1) is 11.9. The Morgan fingerprint density at radius 3 is 2.88 bits per heavy atom. The van der Waals surface area contributed by atoms with E-state index in [-0.39, 0.29) is 17.8 Å². The summed E-state index contributed by atoms with van der Waals surface area (Å²) in [7, 11) is 0. The molecule has 1 aliphatic heterocycles. The summed E-state index contributed by atoms with van der Waals surface area (Å²) >= 11 is 1.79. The molecule has 0 saturated carbocycles. The summed E-state index contributed by atoms with van der Waals surface area (Å²) in [6.07, 6.45) is 0.988. The van der Waals surface area contributed by atoms with Crippen molar-refractivity contribution in [3.05, 3.63) is 44.4 Å². The van der Waals surface area contributed by atoms with Gasteiger partial charge >= 0.3 is 5.97 Å². The second-order valence-electron chi connectivity index (χ2n) is 6.48. The number of Topliss-reactive ketones (excluding diaryl/α,β-unsaturated/α-hetero) is 1. The van der Waals surface area contributed by atoms with E-state index in [2.05, 4.69) is 21.3 Å². The zero-order valence-electron chi connectivity index (χ0n) is 15.1. The smallest absolute Gasteiger partial charge is 0.340 e. The zero-order valence-corrected chi connectivity index (χ0v) is 16.0. The van der Waals surface area contributed by atoms with Crippen LogP contribution in [-0.2, 0) is 17.7 Å². The summed E-state index contributed by atoms with van der Waals surface area (Å²) in [6.45, 7) is 9.33. The Kier molecular flexibility index (Phi) is 5.11. The lowest BCUT2D eigenvalue weighted by atomic mass is 10.0. The van der Waals surface area contributed by atoms with Crippen LogP contribution in [0.4, 0.5) is 0 Å².